The van der Waals surface area contributed by atoms with Gasteiger partial charge in [0.1, 0.15) is 5.82 Å². The van der Waals surface area contributed by atoms with Gasteiger partial charge in [0.05, 0.1) is 10.6 Å². The Bertz CT molecular complexity index is 552. The third-order valence-electron chi connectivity index (χ3n) is 2.59. The molecule has 0 spiro atoms. The van der Waals surface area contributed by atoms with Gasteiger partial charge < -0.3 is 5.73 Å². The predicted octanol–water partition coefficient (Wildman–Crippen LogP) is 2.59. The van der Waals surface area contributed by atoms with Gasteiger partial charge in [0.2, 0.25) is 10.0 Å². The largest absolute Gasteiger partial charge is 0.396 e. The lowest BCUT2D eigenvalue weighted by molar-refractivity contribution is 0.577. The van der Waals surface area contributed by atoms with Crippen LogP contribution in [0.1, 0.15) is 13.3 Å². The smallest absolute Gasteiger partial charge is 0.241 e. The Morgan fingerprint density at radius 1 is 1.53 bits per heavy atom. The van der Waals surface area contributed by atoms with Crippen molar-refractivity contribution in [3.05, 3.63) is 22.4 Å². The average Bonchev–Trinajstić information content (AvgIpc) is 2.33. The zero-order valence-corrected chi connectivity index (χ0v) is 13.8. The second-order valence-corrected chi connectivity index (χ2v) is 7.90. The van der Waals surface area contributed by atoms with E-state index in [0.717, 1.165) is 12.1 Å². The van der Waals surface area contributed by atoms with E-state index in [1.54, 1.807) is 11.8 Å². The molecule has 0 radical (unpaired) electrons. The first kappa shape index (κ1) is 16.7. The first-order valence-corrected chi connectivity index (χ1v) is 9.11. The van der Waals surface area contributed by atoms with Crippen LogP contribution in [0.4, 0.5) is 10.1 Å². The van der Waals surface area contributed by atoms with Crippen LogP contribution in [0.2, 0.25) is 0 Å². The Hall–Kier alpha value is -0.310. The molecule has 0 aliphatic carbocycles. The van der Waals surface area contributed by atoms with Gasteiger partial charge in [0.15, 0.2) is 0 Å². The maximum atomic E-state index is 13.2. The van der Waals surface area contributed by atoms with Crippen molar-refractivity contribution in [2.75, 3.05) is 18.5 Å². The Morgan fingerprint density at radius 2 is 2.16 bits per heavy atom. The fourth-order valence-corrected chi connectivity index (χ4v) is 3.79. The maximum Gasteiger partial charge on any atom is 0.241 e. The van der Waals surface area contributed by atoms with Crippen molar-refractivity contribution in [3.8, 4) is 0 Å². The van der Waals surface area contributed by atoms with Crippen molar-refractivity contribution < 1.29 is 12.8 Å². The fraction of sp³-hybridized carbons (Fsp3) is 0.455. The van der Waals surface area contributed by atoms with Crippen molar-refractivity contribution in [1.29, 1.82) is 0 Å². The van der Waals surface area contributed by atoms with Crippen molar-refractivity contribution in [3.63, 3.8) is 0 Å². The highest BCUT2D eigenvalue weighted by atomic mass is 79.9. The minimum absolute atomic E-state index is 0.0526. The highest BCUT2D eigenvalue weighted by Gasteiger charge is 2.19. The summed E-state index contributed by atoms with van der Waals surface area (Å²) in [5, 5.41) is 0.365. The molecule has 19 heavy (non-hydrogen) atoms. The molecule has 4 nitrogen and oxygen atoms in total. The van der Waals surface area contributed by atoms with E-state index in [2.05, 4.69) is 20.7 Å². The van der Waals surface area contributed by atoms with Crippen molar-refractivity contribution in [2.24, 2.45) is 0 Å². The first-order valence-electron chi connectivity index (χ1n) is 5.55. The molecule has 0 aliphatic heterocycles. The predicted molar refractivity (Wildman–Crippen MR) is 81.3 cm³/mol. The molecule has 0 aromatic heterocycles. The van der Waals surface area contributed by atoms with E-state index in [4.69, 9.17) is 5.73 Å². The number of nitrogen functional groups attached to an aromatic ring is 1. The maximum absolute atomic E-state index is 13.2. The molecule has 108 valence electrons. The minimum atomic E-state index is -3.69. The number of hydrogen-bond donors (Lipinski definition) is 2. The van der Waals surface area contributed by atoms with Gasteiger partial charge in [-0.25, -0.2) is 17.5 Å². The third kappa shape index (κ3) is 4.62. The summed E-state index contributed by atoms with van der Waals surface area (Å²) in [5.41, 5.74) is 5.20. The molecule has 0 amide bonds. The molecule has 1 aromatic rings. The number of nitrogens with two attached hydrogens (primary N) is 1. The van der Waals surface area contributed by atoms with E-state index in [9.17, 15) is 12.8 Å². The van der Waals surface area contributed by atoms with E-state index in [1.807, 2.05) is 13.2 Å². The molecule has 0 bridgehead atoms. The molecule has 0 saturated heterocycles. The van der Waals surface area contributed by atoms with E-state index < -0.39 is 15.8 Å². The Labute approximate surface area is 125 Å². The Kier molecular flexibility index (Phi) is 6.10. The standard InChI is InChI=1S/C11H16BrFN2O2S2/c1-7(18-2)3-4-15-19(16,17)11-6-10(14)9(13)5-8(11)12/h5-7,15H,3-4,14H2,1-2H3. The lowest BCUT2D eigenvalue weighted by atomic mass is 10.3. The molecule has 8 heteroatoms. The zero-order valence-electron chi connectivity index (χ0n) is 10.6. The van der Waals surface area contributed by atoms with E-state index in [-0.39, 0.29) is 15.1 Å². The fourth-order valence-electron chi connectivity index (χ4n) is 1.34. The second kappa shape index (κ2) is 6.92. The van der Waals surface area contributed by atoms with Gasteiger partial charge in [-0.2, -0.15) is 11.8 Å². The Balaban J connectivity index is 2.86. The SMILES string of the molecule is CSC(C)CCNS(=O)(=O)c1cc(N)c(F)cc1Br. The molecule has 0 aliphatic rings. The summed E-state index contributed by atoms with van der Waals surface area (Å²) < 4.78 is 39.9. The number of hydrogen-bond acceptors (Lipinski definition) is 4. The summed E-state index contributed by atoms with van der Waals surface area (Å²) >= 11 is 4.70. The Morgan fingerprint density at radius 3 is 2.74 bits per heavy atom. The van der Waals surface area contributed by atoms with Gasteiger partial charge in [0, 0.05) is 16.3 Å². The number of anilines is 1. The molecular weight excluding hydrogens is 355 g/mol. The van der Waals surface area contributed by atoms with Crippen LogP contribution in [0, 0.1) is 5.82 Å². The molecule has 1 atom stereocenters. The van der Waals surface area contributed by atoms with Crippen LogP contribution in [0.3, 0.4) is 0 Å². The third-order valence-corrected chi connectivity index (χ3v) is 6.05. The number of nitrogens with one attached hydrogen (secondary N) is 1. The van der Waals surface area contributed by atoms with Gasteiger partial charge in [-0.05, 0) is 40.7 Å². The summed E-state index contributed by atoms with van der Waals surface area (Å²) in [6.07, 6.45) is 2.69. The van der Waals surface area contributed by atoms with Crippen molar-refractivity contribution in [1.82, 2.24) is 4.72 Å². The van der Waals surface area contributed by atoms with Crippen LogP contribution < -0.4 is 10.5 Å². The van der Waals surface area contributed by atoms with E-state index in [0.29, 0.717) is 18.2 Å². The quantitative estimate of drug-likeness (QED) is 0.754. The van der Waals surface area contributed by atoms with Crippen LogP contribution in [0.5, 0.6) is 0 Å². The van der Waals surface area contributed by atoms with Crippen molar-refractivity contribution >= 4 is 43.4 Å². The summed E-state index contributed by atoms with van der Waals surface area (Å²) in [6.45, 7) is 2.35. The highest BCUT2D eigenvalue weighted by molar-refractivity contribution is 9.10. The lowest BCUT2D eigenvalue weighted by Crippen LogP contribution is -2.26. The van der Waals surface area contributed by atoms with Crippen LogP contribution >= 0.6 is 27.7 Å². The number of halogens is 2. The molecular formula is C11H16BrFN2O2S2. The van der Waals surface area contributed by atoms with E-state index in [1.165, 1.54) is 0 Å². The minimum Gasteiger partial charge on any atom is -0.396 e. The summed E-state index contributed by atoms with van der Waals surface area (Å²) in [6, 6.07) is 2.16. The number of rotatable bonds is 6. The molecule has 1 rings (SSSR count). The molecule has 3 N–H and O–H groups in total. The van der Waals surface area contributed by atoms with Gasteiger partial charge in [-0.3, -0.25) is 0 Å². The first-order chi connectivity index (χ1) is 8.77. The number of sulfonamides is 1. The van der Waals surface area contributed by atoms with Crippen LogP contribution in [-0.4, -0.2) is 26.5 Å². The molecule has 0 heterocycles. The van der Waals surface area contributed by atoms with Gasteiger partial charge >= 0.3 is 0 Å². The van der Waals surface area contributed by atoms with Crippen LogP contribution in [0.15, 0.2) is 21.5 Å². The monoisotopic (exact) mass is 370 g/mol. The summed E-state index contributed by atoms with van der Waals surface area (Å²) in [7, 11) is -3.69. The van der Waals surface area contributed by atoms with E-state index >= 15 is 0 Å². The molecule has 0 saturated carbocycles. The average molecular weight is 371 g/mol. The highest BCUT2D eigenvalue weighted by Crippen LogP contribution is 2.26. The van der Waals surface area contributed by atoms with Gasteiger partial charge in [-0.1, -0.05) is 6.92 Å². The lowest BCUT2D eigenvalue weighted by Gasteiger charge is -2.11. The number of thioether (sulfide) groups is 1. The molecule has 1 aromatic carbocycles. The number of benzene rings is 1. The van der Waals surface area contributed by atoms with Gasteiger partial charge in [-0.15, -0.1) is 0 Å². The normalized spacial score (nSPS) is 13.5. The second-order valence-electron chi connectivity index (χ2n) is 4.04. The summed E-state index contributed by atoms with van der Waals surface area (Å²) in [5.74, 6) is -0.651. The molecule has 0 fully saturated rings. The van der Waals surface area contributed by atoms with Crippen molar-refractivity contribution in [2.45, 2.75) is 23.5 Å². The topological polar surface area (TPSA) is 72.2 Å². The van der Waals surface area contributed by atoms with Crippen LogP contribution in [0.25, 0.3) is 0 Å². The summed E-state index contributed by atoms with van der Waals surface area (Å²) in [4.78, 5) is -0.0526. The van der Waals surface area contributed by atoms with Crippen LogP contribution in [-0.2, 0) is 10.0 Å². The van der Waals surface area contributed by atoms with Gasteiger partial charge in [0.25, 0.3) is 0 Å². The molecule has 1 unspecified atom stereocenters. The zero-order chi connectivity index (χ0) is 14.6.